The van der Waals surface area contributed by atoms with Crippen molar-refractivity contribution in [1.82, 2.24) is 15.0 Å². The number of aliphatic hydroxyl groups is 1. The third-order valence-corrected chi connectivity index (χ3v) is 5.24. The van der Waals surface area contributed by atoms with Crippen LogP contribution in [0.25, 0.3) is 0 Å². The number of aliphatic hydroxyl groups excluding tert-OH is 1. The van der Waals surface area contributed by atoms with Gasteiger partial charge in [0, 0.05) is 26.7 Å². The van der Waals surface area contributed by atoms with Crippen molar-refractivity contribution < 1.29 is 38.4 Å². The lowest BCUT2D eigenvalue weighted by molar-refractivity contribution is -0.166. The Morgan fingerprint density at radius 2 is 1.77 bits per heavy atom. The second-order valence-electron chi connectivity index (χ2n) is 7.60. The minimum absolute atomic E-state index is 0.137. The molecule has 1 aliphatic carbocycles. The maximum atomic E-state index is 11.7. The number of carbonyl (C=O) groups excluding carboxylic acids is 3. The molecule has 30 heavy (non-hydrogen) atoms. The van der Waals surface area contributed by atoms with Gasteiger partial charge in [0.15, 0.2) is 18.4 Å². The molecule has 2 aliphatic rings. The van der Waals surface area contributed by atoms with Gasteiger partial charge in [-0.05, 0) is 12.8 Å². The van der Waals surface area contributed by atoms with Crippen LogP contribution in [0.1, 0.15) is 64.3 Å². The number of ether oxygens (including phenoxy) is 4. The van der Waals surface area contributed by atoms with E-state index in [1.807, 2.05) is 0 Å². The van der Waals surface area contributed by atoms with Crippen molar-refractivity contribution in [3.05, 3.63) is 11.9 Å². The van der Waals surface area contributed by atoms with Crippen LogP contribution < -0.4 is 0 Å². The van der Waals surface area contributed by atoms with Gasteiger partial charge in [-0.1, -0.05) is 18.1 Å². The Morgan fingerprint density at radius 3 is 2.40 bits per heavy atom. The highest BCUT2D eigenvalue weighted by molar-refractivity contribution is 5.67. The van der Waals surface area contributed by atoms with E-state index >= 15 is 0 Å². The molecular weight excluding hydrogens is 398 g/mol. The summed E-state index contributed by atoms with van der Waals surface area (Å²) in [6.07, 6.45) is 0.776. The van der Waals surface area contributed by atoms with E-state index in [9.17, 15) is 19.5 Å². The predicted octanol–water partition coefficient (Wildman–Crippen LogP) is 0.620. The van der Waals surface area contributed by atoms with Crippen LogP contribution in [0.5, 0.6) is 0 Å². The largest absolute Gasteiger partial charge is 0.463 e. The summed E-state index contributed by atoms with van der Waals surface area (Å²) >= 11 is 0. The minimum atomic E-state index is -1.02. The monoisotopic (exact) mass is 425 g/mol. The fraction of sp³-hybridized carbons (Fsp3) is 0.737. The van der Waals surface area contributed by atoms with Crippen molar-refractivity contribution in [2.24, 2.45) is 0 Å². The van der Waals surface area contributed by atoms with E-state index in [1.165, 1.54) is 25.5 Å². The normalized spacial score (nSPS) is 31.2. The molecule has 11 heteroatoms. The molecule has 11 nitrogen and oxygen atoms in total. The third-order valence-electron chi connectivity index (χ3n) is 5.24. The molecule has 1 saturated carbocycles. The van der Waals surface area contributed by atoms with Gasteiger partial charge in [-0.3, -0.25) is 14.4 Å². The van der Waals surface area contributed by atoms with Crippen molar-refractivity contribution in [3.63, 3.8) is 0 Å². The van der Waals surface area contributed by atoms with Crippen LogP contribution in [0.15, 0.2) is 6.20 Å². The highest BCUT2D eigenvalue weighted by atomic mass is 16.7. The van der Waals surface area contributed by atoms with E-state index in [0.29, 0.717) is 12.1 Å². The number of rotatable bonds is 6. The first kappa shape index (κ1) is 22.2. The first-order valence-electron chi connectivity index (χ1n) is 9.99. The molecule has 3 rings (SSSR count). The molecule has 1 aromatic heterocycles. The quantitative estimate of drug-likeness (QED) is 0.509. The van der Waals surface area contributed by atoms with Gasteiger partial charge in [0.1, 0.15) is 12.7 Å². The summed E-state index contributed by atoms with van der Waals surface area (Å²) < 4.78 is 23.0. The predicted molar refractivity (Wildman–Crippen MR) is 98.9 cm³/mol. The van der Waals surface area contributed by atoms with Crippen LogP contribution in [-0.4, -0.2) is 69.0 Å². The number of hydrogen-bond acceptors (Lipinski definition) is 10. The Hall–Kier alpha value is -2.53. The zero-order chi connectivity index (χ0) is 21.8. The lowest BCUT2D eigenvalue weighted by Crippen LogP contribution is -2.40. The fourth-order valence-electron chi connectivity index (χ4n) is 3.95. The Kier molecular flexibility index (Phi) is 7.03. The van der Waals surface area contributed by atoms with Crippen molar-refractivity contribution >= 4 is 17.9 Å². The molecule has 1 aromatic rings. The van der Waals surface area contributed by atoms with Gasteiger partial charge in [-0.2, -0.15) is 0 Å². The van der Waals surface area contributed by atoms with E-state index in [1.54, 1.807) is 6.20 Å². The van der Waals surface area contributed by atoms with Gasteiger partial charge < -0.3 is 24.1 Å². The number of aromatic nitrogens is 3. The Labute approximate surface area is 173 Å². The summed E-state index contributed by atoms with van der Waals surface area (Å²) in [6, 6.07) is 0. The lowest BCUT2D eigenvalue weighted by atomic mass is 9.85. The van der Waals surface area contributed by atoms with Crippen molar-refractivity contribution in [2.45, 2.75) is 83.0 Å². The average molecular weight is 425 g/mol. The first-order valence-corrected chi connectivity index (χ1v) is 9.99. The minimum Gasteiger partial charge on any atom is -0.463 e. The van der Waals surface area contributed by atoms with Crippen molar-refractivity contribution in [1.29, 1.82) is 0 Å². The Morgan fingerprint density at radius 1 is 1.10 bits per heavy atom. The molecule has 166 valence electrons. The summed E-state index contributed by atoms with van der Waals surface area (Å²) in [5, 5.41) is 18.6. The van der Waals surface area contributed by atoms with Crippen LogP contribution in [0.2, 0.25) is 0 Å². The molecule has 1 saturated heterocycles. The van der Waals surface area contributed by atoms with Gasteiger partial charge >= 0.3 is 17.9 Å². The first-order chi connectivity index (χ1) is 14.3. The maximum absolute atomic E-state index is 11.7. The highest BCUT2D eigenvalue weighted by Crippen LogP contribution is 2.36. The van der Waals surface area contributed by atoms with E-state index in [2.05, 4.69) is 10.3 Å². The zero-order valence-electron chi connectivity index (χ0n) is 17.2. The van der Waals surface area contributed by atoms with Crippen LogP contribution >= 0.6 is 0 Å². The lowest BCUT2D eigenvalue weighted by Gasteiger charge is -2.25. The Bertz CT molecular complexity index is 782. The van der Waals surface area contributed by atoms with Crippen LogP contribution in [0.4, 0.5) is 0 Å². The second kappa shape index (κ2) is 9.52. The molecule has 1 N–H and O–H groups in total. The van der Waals surface area contributed by atoms with Crippen LogP contribution in [0.3, 0.4) is 0 Å². The smallest absolute Gasteiger partial charge is 0.303 e. The van der Waals surface area contributed by atoms with Gasteiger partial charge in [0.05, 0.1) is 18.0 Å². The molecule has 0 radical (unpaired) electrons. The van der Waals surface area contributed by atoms with Crippen LogP contribution in [0, 0.1) is 0 Å². The van der Waals surface area contributed by atoms with E-state index in [4.69, 9.17) is 18.9 Å². The summed E-state index contributed by atoms with van der Waals surface area (Å²) in [7, 11) is 0. The van der Waals surface area contributed by atoms with Gasteiger partial charge in [-0.25, -0.2) is 4.68 Å². The second-order valence-corrected chi connectivity index (χ2v) is 7.60. The van der Waals surface area contributed by atoms with E-state index in [0.717, 1.165) is 19.3 Å². The molecular formula is C19H27N3O8. The van der Waals surface area contributed by atoms with Gasteiger partial charge in [0.25, 0.3) is 0 Å². The molecule has 2 heterocycles. The number of hydrogen-bond donors (Lipinski definition) is 1. The fourth-order valence-corrected chi connectivity index (χ4v) is 3.95. The number of nitrogens with zero attached hydrogens (tertiary/aromatic N) is 3. The molecule has 0 amide bonds. The number of esters is 3. The highest BCUT2D eigenvalue weighted by Gasteiger charge is 2.51. The van der Waals surface area contributed by atoms with Gasteiger partial charge in [-0.15, -0.1) is 5.10 Å². The molecule has 0 bridgehead atoms. The SMILES string of the molecule is CC(=O)OC[C@H]1O[C@@H](n2cc(C3CCCCC3O)nn2)[C@H](OC(C)=O)[C@@H]1OC(C)=O. The standard InChI is InChI=1S/C19H27N3O8/c1-10(23)27-9-16-17(28-11(2)24)18(29-12(3)25)19(30-16)22-8-14(20-21-22)13-6-4-5-7-15(13)26/h8,13,15-19,26H,4-7,9H2,1-3H3/t13?,15?,16-,17-,18-,19-/m1/s1. The molecule has 0 aromatic carbocycles. The molecule has 2 unspecified atom stereocenters. The van der Waals surface area contributed by atoms with E-state index in [-0.39, 0.29) is 12.5 Å². The topological polar surface area (TPSA) is 139 Å². The summed E-state index contributed by atoms with van der Waals surface area (Å²) in [6.45, 7) is 3.51. The average Bonchev–Trinajstić information content (AvgIpc) is 3.26. The number of carbonyl (C=O) groups is 3. The van der Waals surface area contributed by atoms with Crippen LogP contribution in [-0.2, 0) is 33.3 Å². The van der Waals surface area contributed by atoms with E-state index < -0.39 is 48.6 Å². The third kappa shape index (κ3) is 5.14. The summed E-state index contributed by atoms with van der Waals surface area (Å²) in [4.78, 5) is 34.5. The van der Waals surface area contributed by atoms with Crippen molar-refractivity contribution in [2.75, 3.05) is 6.61 Å². The molecule has 0 spiro atoms. The van der Waals surface area contributed by atoms with Gasteiger partial charge in [0.2, 0.25) is 0 Å². The maximum Gasteiger partial charge on any atom is 0.303 e. The van der Waals surface area contributed by atoms with Crippen molar-refractivity contribution in [3.8, 4) is 0 Å². The molecule has 1 aliphatic heterocycles. The summed E-state index contributed by atoms with van der Waals surface area (Å²) in [5.74, 6) is -1.86. The summed E-state index contributed by atoms with van der Waals surface area (Å²) in [5.41, 5.74) is 0.611. The molecule has 2 fully saturated rings. The zero-order valence-corrected chi connectivity index (χ0v) is 17.2. The Balaban J connectivity index is 1.86. The molecule has 6 atom stereocenters.